The number of benzene rings is 1. The number of rotatable bonds is 25. The smallest absolute Gasteiger partial charge is 0.339 e. The van der Waals surface area contributed by atoms with Gasteiger partial charge in [-0.3, -0.25) is 4.55 Å². The van der Waals surface area contributed by atoms with Crippen LogP contribution in [0.25, 0.3) is 0 Å². The second kappa shape index (κ2) is 22.7. The quantitative estimate of drug-likeness (QED) is 0.0698. The molecule has 0 aliphatic rings. The molecule has 0 aliphatic heterocycles. The zero-order valence-corrected chi connectivity index (χ0v) is 25.9. The highest BCUT2D eigenvalue weighted by atomic mass is 32.2. The van der Waals surface area contributed by atoms with E-state index in [1.807, 2.05) is 0 Å². The topological polar surface area (TPSA) is 107 Å². The Bertz CT molecular complexity index is 914. The van der Waals surface area contributed by atoms with Gasteiger partial charge in [-0.15, -0.1) is 0 Å². The summed E-state index contributed by atoms with van der Waals surface area (Å²) in [6, 6.07) is 6.24. The molecule has 0 amide bonds. The van der Waals surface area contributed by atoms with Crippen LogP contribution in [0.1, 0.15) is 157 Å². The molecule has 0 fully saturated rings. The Morgan fingerprint density at radius 2 is 1.00 bits per heavy atom. The largest absolute Gasteiger partial charge is 0.462 e. The third-order valence-corrected chi connectivity index (χ3v) is 8.62. The number of carbonyl (C=O) groups is 2. The molecule has 1 rings (SSSR count). The van der Waals surface area contributed by atoms with Crippen molar-refractivity contribution in [1.82, 2.24) is 0 Å². The van der Waals surface area contributed by atoms with E-state index in [9.17, 15) is 18.0 Å². The Balaban J connectivity index is 2.06. The number of unbranched alkanes of at least 4 members (excludes halogenated alkanes) is 17. The summed E-state index contributed by atoms with van der Waals surface area (Å²) in [4.78, 5) is 24.9. The standard InChI is InChI=1S/C32H54O7S/c1-3-4-5-6-7-8-9-10-11-12-13-14-15-16-17-18-19-22-26-38-31(33)29-23-20-21-24-30(29)32(34)39-27-25-28(2)40(35,36)37/h20-21,23-24,28H,3-19,22,25-27H2,1-2H3,(H,35,36,37). The minimum absolute atomic E-state index is 0.0451. The molecule has 7 nitrogen and oxygen atoms in total. The van der Waals surface area contributed by atoms with Gasteiger partial charge >= 0.3 is 11.9 Å². The van der Waals surface area contributed by atoms with E-state index >= 15 is 0 Å². The summed E-state index contributed by atoms with van der Waals surface area (Å²) in [5.74, 6) is -1.31. The molecule has 0 heterocycles. The summed E-state index contributed by atoms with van der Waals surface area (Å²) in [6.45, 7) is 3.70. The van der Waals surface area contributed by atoms with Gasteiger partial charge in [-0.05, 0) is 25.5 Å². The van der Waals surface area contributed by atoms with Gasteiger partial charge in [-0.2, -0.15) is 8.42 Å². The molecule has 1 aromatic carbocycles. The molecular weight excluding hydrogens is 528 g/mol. The van der Waals surface area contributed by atoms with Gasteiger partial charge in [0.15, 0.2) is 0 Å². The Kier molecular flexibility index (Phi) is 20.5. The van der Waals surface area contributed by atoms with Crippen molar-refractivity contribution in [2.75, 3.05) is 13.2 Å². The van der Waals surface area contributed by atoms with Crippen molar-refractivity contribution in [3.63, 3.8) is 0 Å². The number of hydrogen-bond acceptors (Lipinski definition) is 6. The Hall–Kier alpha value is -1.93. The summed E-state index contributed by atoms with van der Waals surface area (Å²) in [5.41, 5.74) is 0.197. The minimum Gasteiger partial charge on any atom is -0.462 e. The lowest BCUT2D eigenvalue weighted by Crippen LogP contribution is -2.20. The van der Waals surface area contributed by atoms with Gasteiger partial charge in [-0.1, -0.05) is 128 Å². The fraction of sp³-hybridized carbons (Fsp3) is 0.750. The Morgan fingerprint density at radius 3 is 1.38 bits per heavy atom. The van der Waals surface area contributed by atoms with Gasteiger partial charge in [0.1, 0.15) is 0 Å². The minimum atomic E-state index is -4.18. The van der Waals surface area contributed by atoms with Crippen LogP contribution in [-0.2, 0) is 19.6 Å². The first-order valence-electron chi connectivity index (χ1n) is 15.7. The van der Waals surface area contributed by atoms with Gasteiger partial charge in [-0.25, -0.2) is 9.59 Å². The van der Waals surface area contributed by atoms with Gasteiger partial charge in [0.05, 0.1) is 29.6 Å². The molecule has 0 saturated heterocycles. The van der Waals surface area contributed by atoms with Crippen LogP contribution in [0.3, 0.4) is 0 Å². The van der Waals surface area contributed by atoms with Gasteiger partial charge < -0.3 is 9.47 Å². The van der Waals surface area contributed by atoms with E-state index < -0.39 is 27.3 Å². The maximum atomic E-state index is 12.5. The van der Waals surface area contributed by atoms with Crippen LogP contribution in [0.2, 0.25) is 0 Å². The number of hydrogen-bond donors (Lipinski definition) is 1. The molecule has 0 radical (unpaired) electrons. The van der Waals surface area contributed by atoms with E-state index in [-0.39, 0.29) is 24.2 Å². The van der Waals surface area contributed by atoms with Gasteiger partial charge in [0, 0.05) is 6.42 Å². The summed E-state index contributed by atoms with van der Waals surface area (Å²) in [5, 5.41) is -1.05. The van der Waals surface area contributed by atoms with Crippen molar-refractivity contribution in [1.29, 1.82) is 0 Å². The monoisotopic (exact) mass is 582 g/mol. The lowest BCUT2D eigenvalue weighted by Gasteiger charge is -2.11. The second-order valence-corrected chi connectivity index (χ2v) is 12.8. The van der Waals surface area contributed by atoms with Crippen molar-refractivity contribution in [2.45, 2.75) is 141 Å². The van der Waals surface area contributed by atoms with Crippen LogP contribution < -0.4 is 0 Å². The second-order valence-electron chi connectivity index (χ2n) is 10.9. The van der Waals surface area contributed by atoms with Crippen molar-refractivity contribution in [3.05, 3.63) is 35.4 Å². The number of esters is 2. The average Bonchev–Trinajstić information content (AvgIpc) is 2.93. The van der Waals surface area contributed by atoms with Crippen LogP contribution in [-0.4, -0.2) is 43.4 Å². The van der Waals surface area contributed by atoms with Crippen molar-refractivity contribution in [2.24, 2.45) is 0 Å². The van der Waals surface area contributed by atoms with Crippen LogP contribution in [0.5, 0.6) is 0 Å². The van der Waals surface area contributed by atoms with E-state index in [1.165, 1.54) is 115 Å². The maximum absolute atomic E-state index is 12.5. The Morgan fingerprint density at radius 1 is 0.650 bits per heavy atom. The van der Waals surface area contributed by atoms with Crippen LogP contribution in [0.15, 0.2) is 24.3 Å². The zero-order valence-electron chi connectivity index (χ0n) is 25.0. The predicted octanol–water partition coefficient (Wildman–Crippen LogP) is 8.71. The van der Waals surface area contributed by atoms with Crippen molar-refractivity contribution < 1.29 is 32.0 Å². The highest BCUT2D eigenvalue weighted by Gasteiger charge is 2.21. The highest BCUT2D eigenvalue weighted by Crippen LogP contribution is 2.16. The van der Waals surface area contributed by atoms with Crippen molar-refractivity contribution in [3.8, 4) is 0 Å². The first-order chi connectivity index (χ1) is 19.3. The molecule has 1 unspecified atom stereocenters. The third kappa shape index (κ3) is 17.7. The third-order valence-electron chi connectivity index (χ3n) is 7.36. The highest BCUT2D eigenvalue weighted by molar-refractivity contribution is 7.86. The summed E-state index contributed by atoms with van der Waals surface area (Å²) >= 11 is 0. The molecule has 230 valence electrons. The molecular formula is C32H54O7S. The SMILES string of the molecule is CCCCCCCCCCCCCCCCCCCCOC(=O)c1ccccc1C(=O)OCCC(C)S(=O)(=O)O. The molecule has 0 saturated carbocycles. The van der Waals surface area contributed by atoms with Crippen LogP contribution >= 0.6 is 0 Å². The van der Waals surface area contributed by atoms with Crippen LogP contribution in [0, 0.1) is 0 Å². The first-order valence-corrected chi connectivity index (χ1v) is 17.2. The predicted molar refractivity (Wildman–Crippen MR) is 161 cm³/mol. The summed E-state index contributed by atoms with van der Waals surface area (Å²) < 4.78 is 41.7. The van der Waals surface area contributed by atoms with E-state index in [1.54, 1.807) is 12.1 Å². The van der Waals surface area contributed by atoms with Crippen molar-refractivity contribution >= 4 is 22.1 Å². The Labute approximate surface area is 243 Å². The van der Waals surface area contributed by atoms with Gasteiger partial charge in [0.25, 0.3) is 10.1 Å². The van der Waals surface area contributed by atoms with E-state index in [4.69, 9.17) is 14.0 Å². The fourth-order valence-electron chi connectivity index (χ4n) is 4.63. The lowest BCUT2D eigenvalue weighted by molar-refractivity contribution is 0.0451. The molecule has 0 aromatic heterocycles. The van der Waals surface area contributed by atoms with E-state index in [2.05, 4.69) is 6.92 Å². The number of ether oxygens (including phenoxy) is 2. The molecule has 8 heteroatoms. The zero-order chi connectivity index (χ0) is 29.5. The molecule has 0 spiro atoms. The molecule has 40 heavy (non-hydrogen) atoms. The maximum Gasteiger partial charge on any atom is 0.339 e. The first kappa shape index (κ1) is 36.1. The van der Waals surface area contributed by atoms with Crippen LogP contribution in [0.4, 0.5) is 0 Å². The number of carbonyl (C=O) groups excluding carboxylic acids is 2. The van der Waals surface area contributed by atoms with Gasteiger partial charge in [0.2, 0.25) is 0 Å². The molecule has 1 aromatic rings. The molecule has 0 bridgehead atoms. The molecule has 1 N–H and O–H groups in total. The lowest BCUT2D eigenvalue weighted by atomic mass is 10.0. The molecule has 1 atom stereocenters. The summed E-state index contributed by atoms with van der Waals surface area (Å²) in [6.07, 6.45) is 23.2. The normalized spacial score (nSPS) is 12.3. The fourth-order valence-corrected chi connectivity index (χ4v) is 5.02. The summed E-state index contributed by atoms with van der Waals surface area (Å²) in [7, 11) is -4.18. The molecule has 0 aliphatic carbocycles. The average molecular weight is 583 g/mol. The van der Waals surface area contributed by atoms with E-state index in [0.29, 0.717) is 6.61 Å². The van der Waals surface area contributed by atoms with E-state index in [0.717, 1.165) is 19.3 Å².